The van der Waals surface area contributed by atoms with Crippen molar-refractivity contribution in [2.24, 2.45) is 0 Å². The topological polar surface area (TPSA) is 71.4 Å². The Kier molecular flexibility index (Phi) is 6.47. The summed E-state index contributed by atoms with van der Waals surface area (Å²) in [7, 11) is 1.56. The van der Waals surface area contributed by atoms with Gasteiger partial charge in [0.25, 0.3) is 0 Å². The number of ether oxygens (including phenoxy) is 2. The van der Waals surface area contributed by atoms with E-state index < -0.39 is 5.97 Å². The minimum atomic E-state index is -0.637. The van der Waals surface area contributed by atoms with Gasteiger partial charge in [0.1, 0.15) is 11.8 Å². The van der Waals surface area contributed by atoms with Gasteiger partial charge in [-0.05, 0) is 25.3 Å². The Morgan fingerprint density at radius 2 is 2.15 bits per heavy atom. The van der Waals surface area contributed by atoms with E-state index in [2.05, 4.69) is 5.32 Å². The average Bonchev–Trinajstić information content (AvgIpc) is 2.47. The molecule has 0 spiro atoms. The van der Waals surface area contributed by atoms with E-state index in [0.29, 0.717) is 16.5 Å². The molecule has 0 bridgehead atoms. The molecule has 0 radical (unpaired) electrons. The van der Waals surface area contributed by atoms with Crippen LogP contribution in [0.15, 0.2) is 34.9 Å². The molecule has 0 aliphatic heterocycles. The number of thioether (sulfide) groups is 1. The SMILES string of the molecule is CCOC(=O)C(C#N)=C(Nc1ccccc1OC)SC. The summed E-state index contributed by atoms with van der Waals surface area (Å²) in [6.45, 7) is 1.92. The van der Waals surface area contributed by atoms with E-state index in [-0.39, 0.29) is 12.2 Å². The molecule has 0 saturated heterocycles. The van der Waals surface area contributed by atoms with Gasteiger partial charge in [-0.3, -0.25) is 0 Å². The van der Waals surface area contributed by atoms with Crippen LogP contribution in [-0.4, -0.2) is 25.9 Å². The molecular formula is C14H16N2O3S. The van der Waals surface area contributed by atoms with Gasteiger partial charge in [0.05, 0.1) is 24.4 Å². The number of rotatable bonds is 6. The van der Waals surface area contributed by atoms with Crippen molar-refractivity contribution in [2.75, 3.05) is 25.3 Å². The number of hydrogen-bond donors (Lipinski definition) is 1. The van der Waals surface area contributed by atoms with Crippen molar-refractivity contribution in [1.82, 2.24) is 0 Å². The normalized spacial score (nSPS) is 11.1. The molecule has 0 aliphatic rings. The number of nitrogens with one attached hydrogen (secondary N) is 1. The molecule has 1 aromatic rings. The van der Waals surface area contributed by atoms with Gasteiger partial charge >= 0.3 is 5.97 Å². The van der Waals surface area contributed by atoms with Crippen molar-refractivity contribution in [3.8, 4) is 11.8 Å². The molecule has 6 heteroatoms. The van der Waals surface area contributed by atoms with Gasteiger partial charge in [0.15, 0.2) is 5.57 Å². The summed E-state index contributed by atoms with van der Waals surface area (Å²) >= 11 is 1.26. The predicted octanol–water partition coefficient (Wildman–Crippen LogP) is 2.77. The van der Waals surface area contributed by atoms with Gasteiger partial charge in [0.2, 0.25) is 0 Å². The van der Waals surface area contributed by atoms with Crippen LogP contribution in [0, 0.1) is 11.3 Å². The lowest BCUT2D eigenvalue weighted by Crippen LogP contribution is -2.11. The fraction of sp³-hybridized carbons (Fsp3) is 0.286. The third-order valence-electron chi connectivity index (χ3n) is 2.38. The quantitative estimate of drug-likeness (QED) is 0.494. The molecule has 106 valence electrons. The van der Waals surface area contributed by atoms with Crippen LogP contribution in [0.5, 0.6) is 5.75 Å². The van der Waals surface area contributed by atoms with E-state index in [0.717, 1.165) is 0 Å². The number of para-hydroxylation sites is 2. The largest absolute Gasteiger partial charge is 0.495 e. The predicted molar refractivity (Wildman–Crippen MR) is 79.4 cm³/mol. The van der Waals surface area contributed by atoms with Crippen LogP contribution in [0.1, 0.15) is 6.92 Å². The standard InChI is InChI=1S/C14H16N2O3S/c1-4-19-14(17)10(9-15)13(20-3)16-11-7-5-6-8-12(11)18-2/h5-8,16H,4H2,1-3H3. The molecule has 0 aliphatic carbocycles. The van der Waals surface area contributed by atoms with Crippen LogP contribution in [0.2, 0.25) is 0 Å². The highest BCUT2D eigenvalue weighted by Crippen LogP contribution is 2.28. The molecule has 0 atom stereocenters. The van der Waals surface area contributed by atoms with Gasteiger partial charge in [-0.15, -0.1) is 11.8 Å². The summed E-state index contributed by atoms with van der Waals surface area (Å²) in [6.07, 6.45) is 1.77. The van der Waals surface area contributed by atoms with Crippen molar-refractivity contribution in [2.45, 2.75) is 6.92 Å². The third-order valence-corrected chi connectivity index (χ3v) is 3.09. The Hall–Kier alpha value is -2.13. The lowest BCUT2D eigenvalue weighted by atomic mass is 10.2. The number of carbonyl (C=O) groups excluding carboxylic acids is 1. The first-order chi connectivity index (χ1) is 9.67. The van der Waals surface area contributed by atoms with E-state index in [9.17, 15) is 4.79 Å². The number of nitriles is 1. The number of benzene rings is 1. The minimum Gasteiger partial charge on any atom is -0.495 e. The molecule has 1 N–H and O–H groups in total. The first-order valence-electron chi connectivity index (χ1n) is 5.93. The Labute approximate surface area is 122 Å². The summed E-state index contributed by atoms with van der Waals surface area (Å²) in [4.78, 5) is 11.7. The van der Waals surface area contributed by atoms with Crippen LogP contribution < -0.4 is 10.1 Å². The van der Waals surface area contributed by atoms with Crippen molar-refractivity contribution < 1.29 is 14.3 Å². The van der Waals surface area contributed by atoms with Gasteiger partial charge in [0, 0.05) is 0 Å². The van der Waals surface area contributed by atoms with Crippen LogP contribution in [0.4, 0.5) is 5.69 Å². The molecular weight excluding hydrogens is 276 g/mol. The molecule has 0 saturated carbocycles. The molecule has 20 heavy (non-hydrogen) atoms. The number of nitrogens with zero attached hydrogens (tertiary/aromatic N) is 1. The maximum absolute atomic E-state index is 11.7. The zero-order valence-electron chi connectivity index (χ0n) is 11.6. The summed E-state index contributed by atoms with van der Waals surface area (Å²) in [5.41, 5.74) is 0.627. The minimum absolute atomic E-state index is 0.0507. The summed E-state index contributed by atoms with van der Waals surface area (Å²) < 4.78 is 10.1. The van der Waals surface area contributed by atoms with Crippen molar-refractivity contribution >= 4 is 23.4 Å². The van der Waals surface area contributed by atoms with Crippen molar-refractivity contribution in [3.05, 3.63) is 34.9 Å². The maximum Gasteiger partial charge on any atom is 0.351 e. The Balaban J connectivity index is 3.12. The van der Waals surface area contributed by atoms with Gasteiger partial charge in [-0.1, -0.05) is 12.1 Å². The summed E-state index contributed by atoms with van der Waals surface area (Å²) in [6, 6.07) is 9.13. The number of anilines is 1. The fourth-order valence-electron chi connectivity index (χ4n) is 1.48. The first-order valence-corrected chi connectivity index (χ1v) is 7.15. The number of methoxy groups -OCH3 is 1. The third kappa shape index (κ3) is 3.93. The second kappa shape index (κ2) is 8.12. The smallest absolute Gasteiger partial charge is 0.351 e. The van der Waals surface area contributed by atoms with E-state index in [1.807, 2.05) is 18.2 Å². The molecule has 0 fully saturated rings. The highest BCUT2D eigenvalue weighted by molar-refractivity contribution is 8.02. The van der Waals surface area contributed by atoms with E-state index in [1.54, 1.807) is 32.4 Å². The van der Waals surface area contributed by atoms with Crippen molar-refractivity contribution in [1.29, 1.82) is 5.26 Å². The van der Waals surface area contributed by atoms with Gasteiger partial charge < -0.3 is 14.8 Å². The van der Waals surface area contributed by atoms with Gasteiger partial charge in [-0.2, -0.15) is 5.26 Å². The highest BCUT2D eigenvalue weighted by Gasteiger charge is 2.17. The van der Waals surface area contributed by atoms with Crippen LogP contribution in [-0.2, 0) is 9.53 Å². The Morgan fingerprint density at radius 3 is 2.70 bits per heavy atom. The number of esters is 1. The molecule has 0 amide bonds. The molecule has 0 unspecified atom stereocenters. The molecule has 0 aromatic heterocycles. The van der Waals surface area contributed by atoms with E-state index in [1.165, 1.54) is 11.8 Å². The van der Waals surface area contributed by atoms with E-state index in [4.69, 9.17) is 14.7 Å². The second-order valence-corrected chi connectivity index (χ2v) is 4.38. The lowest BCUT2D eigenvalue weighted by Gasteiger charge is -2.13. The Morgan fingerprint density at radius 1 is 1.45 bits per heavy atom. The first kappa shape index (κ1) is 15.9. The van der Waals surface area contributed by atoms with Crippen LogP contribution in [0.25, 0.3) is 0 Å². The molecule has 1 rings (SSSR count). The zero-order chi connectivity index (χ0) is 15.0. The summed E-state index contributed by atoms with van der Waals surface area (Å²) in [5, 5.41) is 12.6. The molecule has 5 nitrogen and oxygen atoms in total. The van der Waals surface area contributed by atoms with Crippen LogP contribution in [0.3, 0.4) is 0 Å². The maximum atomic E-state index is 11.7. The van der Waals surface area contributed by atoms with Crippen LogP contribution >= 0.6 is 11.8 Å². The monoisotopic (exact) mass is 292 g/mol. The van der Waals surface area contributed by atoms with Gasteiger partial charge in [-0.25, -0.2) is 4.79 Å². The lowest BCUT2D eigenvalue weighted by molar-refractivity contribution is -0.138. The average molecular weight is 292 g/mol. The number of carbonyl (C=O) groups is 1. The van der Waals surface area contributed by atoms with Crippen molar-refractivity contribution in [3.63, 3.8) is 0 Å². The zero-order valence-corrected chi connectivity index (χ0v) is 12.4. The summed E-state index contributed by atoms with van der Waals surface area (Å²) in [5.74, 6) is -0.0121. The second-order valence-electron chi connectivity index (χ2n) is 3.57. The molecule has 0 heterocycles. The molecule has 1 aromatic carbocycles. The van der Waals surface area contributed by atoms with E-state index >= 15 is 0 Å². The number of hydrogen-bond acceptors (Lipinski definition) is 6. The fourth-order valence-corrected chi connectivity index (χ4v) is 2.02. The Bertz CT molecular complexity index is 550. The highest BCUT2D eigenvalue weighted by atomic mass is 32.2.